The number of carbonyl (C=O) groups excluding carboxylic acids is 3. The average Bonchev–Trinajstić information content (AvgIpc) is 3.15. The highest BCUT2D eigenvalue weighted by Crippen LogP contribution is 2.16. The minimum atomic E-state index is -1.13. The predicted octanol–water partition coefficient (Wildman–Crippen LogP) is 11.8. The summed E-state index contributed by atoms with van der Waals surface area (Å²) in [6, 6.07) is -0.725. The molecule has 0 spiro atoms. The summed E-state index contributed by atoms with van der Waals surface area (Å²) in [4.78, 5) is 36.7. The lowest BCUT2D eigenvalue weighted by Crippen LogP contribution is -2.55. The summed E-state index contributed by atoms with van der Waals surface area (Å²) >= 11 is 0. The minimum absolute atomic E-state index is 0.0348. The third-order valence-corrected chi connectivity index (χ3v) is 10.9. The van der Waals surface area contributed by atoms with Gasteiger partial charge in [-0.2, -0.15) is 0 Å². The van der Waals surface area contributed by atoms with Gasteiger partial charge in [-0.15, -0.1) is 0 Å². The predicted molar refractivity (Wildman–Crippen MR) is 231 cm³/mol. The van der Waals surface area contributed by atoms with Crippen LogP contribution in [0.4, 0.5) is 0 Å². The van der Waals surface area contributed by atoms with E-state index < -0.39 is 18.1 Å². The molecule has 0 saturated heterocycles. The molecular formula is C48H91NO7. The average molecular weight is 794 g/mol. The summed E-state index contributed by atoms with van der Waals surface area (Å²) < 4.78 is 17.1. The number of nitrogens with zero attached hydrogens (tertiary/aromatic N) is 1. The van der Waals surface area contributed by atoms with Crippen molar-refractivity contribution < 1.29 is 38.2 Å². The molecule has 8 nitrogen and oxygen atoms in total. The normalized spacial score (nSPS) is 12.9. The van der Waals surface area contributed by atoms with Crippen LogP contribution in [0.5, 0.6) is 0 Å². The SMILES string of the molecule is CCCCCC/C=C/CCCC(=O)OC(COCCC(C(=O)[O-])[N+](C)(C)C)COC(=O)CCCCCCCCCCCCCCCCCCCCCCCCC. The van der Waals surface area contributed by atoms with Crippen LogP contribution in [-0.2, 0) is 28.6 Å². The van der Waals surface area contributed by atoms with E-state index in [0.717, 1.165) is 32.1 Å². The zero-order valence-electron chi connectivity index (χ0n) is 37.6. The Morgan fingerprint density at radius 3 is 1.34 bits per heavy atom. The second-order valence-electron chi connectivity index (χ2n) is 17.4. The van der Waals surface area contributed by atoms with E-state index in [0.29, 0.717) is 12.8 Å². The zero-order valence-corrected chi connectivity index (χ0v) is 37.6. The fraction of sp³-hybridized carbons (Fsp3) is 0.896. The molecule has 2 atom stereocenters. The van der Waals surface area contributed by atoms with E-state index in [1.54, 1.807) is 21.1 Å². The molecule has 0 N–H and O–H groups in total. The van der Waals surface area contributed by atoms with Gasteiger partial charge >= 0.3 is 11.9 Å². The summed E-state index contributed by atoms with van der Waals surface area (Å²) in [7, 11) is 5.40. The Morgan fingerprint density at radius 2 is 0.911 bits per heavy atom. The highest BCUT2D eigenvalue weighted by Gasteiger charge is 2.25. The monoisotopic (exact) mass is 794 g/mol. The Balaban J connectivity index is 4.09. The van der Waals surface area contributed by atoms with Crippen molar-refractivity contribution in [1.82, 2.24) is 0 Å². The summed E-state index contributed by atoms with van der Waals surface area (Å²) in [5.41, 5.74) is 0. The van der Waals surface area contributed by atoms with Crippen molar-refractivity contribution in [3.05, 3.63) is 12.2 Å². The van der Waals surface area contributed by atoms with Crippen molar-refractivity contribution in [3.8, 4) is 0 Å². The topological polar surface area (TPSA) is 102 Å². The Bertz CT molecular complexity index is 931. The molecular weight excluding hydrogens is 703 g/mol. The lowest BCUT2D eigenvalue weighted by molar-refractivity contribution is -0.889. The number of hydrogen-bond donors (Lipinski definition) is 0. The van der Waals surface area contributed by atoms with Gasteiger partial charge < -0.3 is 28.6 Å². The second-order valence-corrected chi connectivity index (χ2v) is 17.4. The van der Waals surface area contributed by atoms with Crippen LogP contribution in [0.2, 0.25) is 0 Å². The maximum Gasteiger partial charge on any atom is 0.306 e. The molecule has 0 aromatic heterocycles. The molecule has 0 saturated carbocycles. The summed E-state index contributed by atoms with van der Waals surface area (Å²) in [5, 5.41) is 11.6. The van der Waals surface area contributed by atoms with Crippen LogP contribution in [0.1, 0.15) is 226 Å². The third-order valence-electron chi connectivity index (χ3n) is 10.9. The molecule has 2 unspecified atom stereocenters. The smallest absolute Gasteiger partial charge is 0.306 e. The molecule has 0 radical (unpaired) electrons. The van der Waals surface area contributed by atoms with Gasteiger partial charge in [0.2, 0.25) is 0 Å². The van der Waals surface area contributed by atoms with Gasteiger partial charge in [-0.05, 0) is 32.1 Å². The van der Waals surface area contributed by atoms with Crippen LogP contribution in [0, 0.1) is 0 Å². The van der Waals surface area contributed by atoms with E-state index >= 15 is 0 Å². The van der Waals surface area contributed by atoms with Crippen molar-refractivity contribution in [1.29, 1.82) is 0 Å². The zero-order chi connectivity index (χ0) is 41.4. The number of hydrogen-bond acceptors (Lipinski definition) is 7. The first kappa shape index (κ1) is 54.1. The number of carbonyl (C=O) groups is 3. The van der Waals surface area contributed by atoms with E-state index in [1.807, 2.05) is 0 Å². The maximum absolute atomic E-state index is 12.6. The molecule has 330 valence electrons. The summed E-state index contributed by atoms with van der Waals surface area (Å²) in [5.74, 6) is -1.76. The van der Waals surface area contributed by atoms with Gasteiger partial charge in [-0.25, -0.2) is 0 Å². The van der Waals surface area contributed by atoms with E-state index in [9.17, 15) is 19.5 Å². The van der Waals surface area contributed by atoms with E-state index in [4.69, 9.17) is 14.2 Å². The van der Waals surface area contributed by atoms with E-state index in [1.165, 1.54) is 154 Å². The van der Waals surface area contributed by atoms with Gasteiger partial charge in [-0.1, -0.05) is 187 Å². The Kier molecular flexibility index (Phi) is 38.5. The number of allylic oxidation sites excluding steroid dienone is 2. The lowest BCUT2D eigenvalue weighted by atomic mass is 10.0. The standard InChI is InChI=1S/C48H91NO7/c1-6-8-10-12-14-16-17-18-19-20-21-22-23-24-25-26-27-28-29-31-32-34-36-38-46(50)55-43-44(42-54-41-40-45(48(52)53)49(3,4)5)56-47(51)39-37-35-33-30-15-13-11-9-7-2/h30,33,44-45H,6-29,31-32,34-43H2,1-5H3/b33-30+. The van der Waals surface area contributed by atoms with Crippen molar-refractivity contribution in [2.45, 2.75) is 238 Å². The van der Waals surface area contributed by atoms with E-state index in [-0.39, 0.29) is 49.1 Å². The first-order chi connectivity index (χ1) is 27.1. The molecule has 0 fully saturated rings. The van der Waals surface area contributed by atoms with Crippen molar-refractivity contribution >= 4 is 17.9 Å². The largest absolute Gasteiger partial charge is 0.544 e. The molecule has 0 rings (SSSR count). The number of quaternary nitrogens is 1. The molecule has 0 bridgehead atoms. The molecule has 0 amide bonds. The molecule has 0 aromatic rings. The van der Waals surface area contributed by atoms with Crippen molar-refractivity contribution in [2.75, 3.05) is 41.0 Å². The molecule has 0 aliphatic heterocycles. The fourth-order valence-corrected chi connectivity index (χ4v) is 7.19. The molecule has 0 aromatic carbocycles. The summed E-state index contributed by atoms with van der Waals surface area (Å²) in [6.07, 6.45) is 42.7. The van der Waals surface area contributed by atoms with Crippen molar-refractivity contribution in [2.24, 2.45) is 0 Å². The first-order valence-electron chi connectivity index (χ1n) is 23.7. The number of aliphatic carboxylic acids is 1. The number of unbranched alkanes of at least 4 members (excludes halogenated alkanes) is 27. The highest BCUT2D eigenvalue weighted by molar-refractivity contribution is 5.70. The van der Waals surface area contributed by atoms with E-state index in [2.05, 4.69) is 26.0 Å². The molecule has 8 heteroatoms. The molecule has 56 heavy (non-hydrogen) atoms. The third kappa shape index (κ3) is 37.6. The number of ether oxygens (including phenoxy) is 3. The van der Waals surface area contributed by atoms with Gasteiger partial charge in [0.15, 0.2) is 6.10 Å². The van der Waals surface area contributed by atoms with Crippen LogP contribution in [0.25, 0.3) is 0 Å². The molecule has 0 aliphatic carbocycles. The van der Waals surface area contributed by atoms with Gasteiger partial charge in [0.25, 0.3) is 0 Å². The Labute approximate surface area is 346 Å². The number of likely N-dealkylation sites (N-methyl/N-ethyl adjacent to an activating group) is 1. The lowest BCUT2D eigenvalue weighted by Gasteiger charge is -2.34. The number of carboxylic acids is 1. The Hall–Kier alpha value is -1.93. The van der Waals surface area contributed by atoms with Gasteiger partial charge in [0, 0.05) is 19.3 Å². The maximum atomic E-state index is 12.6. The quantitative estimate of drug-likeness (QED) is 0.0262. The van der Waals surface area contributed by atoms with Crippen LogP contribution < -0.4 is 5.11 Å². The van der Waals surface area contributed by atoms with Crippen molar-refractivity contribution in [3.63, 3.8) is 0 Å². The van der Waals surface area contributed by atoms with Gasteiger partial charge in [0.1, 0.15) is 12.6 Å². The minimum Gasteiger partial charge on any atom is -0.544 e. The Morgan fingerprint density at radius 1 is 0.518 bits per heavy atom. The fourth-order valence-electron chi connectivity index (χ4n) is 7.19. The van der Waals surface area contributed by atoms with Crippen LogP contribution in [0.15, 0.2) is 12.2 Å². The first-order valence-corrected chi connectivity index (χ1v) is 23.7. The second kappa shape index (κ2) is 39.9. The number of esters is 2. The van der Waals surface area contributed by atoms with Gasteiger partial charge in [0.05, 0.1) is 40.3 Å². The van der Waals surface area contributed by atoms with Crippen LogP contribution >= 0.6 is 0 Å². The highest BCUT2D eigenvalue weighted by atomic mass is 16.6. The number of carboxylic acid groups (broad SMARTS) is 1. The molecule has 0 aliphatic rings. The van der Waals surface area contributed by atoms with Crippen LogP contribution in [0.3, 0.4) is 0 Å². The van der Waals surface area contributed by atoms with Gasteiger partial charge in [-0.3, -0.25) is 9.59 Å². The van der Waals surface area contributed by atoms with Crippen LogP contribution in [-0.4, -0.2) is 75.5 Å². The number of rotatable bonds is 43. The molecule has 0 heterocycles. The summed E-state index contributed by atoms with van der Waals surface area (Å²) in [6.45, 7) is 4.63.